The zero-order chi connectivity index (χ0) is 19.7. The number of carbonyl (C=O) groups is 1. The predicted octanol–water partition coefficient (Wildman–Crippen LogP) is 4.36. The molecule has 0 unspecified atom stereocenters. The highest BCUT2D eigenvalue weighted by atomic mass is 35.5. The van der Waals surface area contributed by atoms with Gasteiger partial charge in [-0.2, -0.15) is 0 Å². The zero-order valence-electron chi connectivity index (χ0n) is 16.0. The van der Waals surface area contributed by atoms with Crippen LogP contribution in [0.2, 0.25) is 5.02 Å². The second-order valence-electron chi connectivity index (χ2n) is 7.03. The molecule has 5 nitrogen and oxygen atoms in total. The largest absolute Gasteiger partial charge is 0.493 e. The summed E-state index contributed by atoms with van der Waals surface area (Å²) in [5.74, 6) is 1.54. The maximum absolute atomic E-state index is 12.8. The van der Waals surface area contributed by atoms with Crippen LogP contribution in [0.25, 0.3) is 10.9 Å². The Balaban J connectivity index is 1.45. The molecule has 2 aromatic carbocycles. The first kappa shape index (κ1) is 18.7. The number of fused-ring (bicyclic) bond motifs is 3. The van der Waals surface area contributed by atoms with E-state index >= 15 is 0 Å². The van der Waals surface area contributed by atoms with Crippen molar-refractivity contribution >= 4 is 28.4 Å². The van der Waals surface area contributed by atoms with Gasteiger partial charge in [-0.05, 0) is 42.3 Å². The summed E-state index contributed by atoms with van der Waals surface area (Å²) in [4.78, 5) is 18.2. The fourth-order valence-electron chi connectivity index (χ4n) is 3.84. The van der Waals surface area contributed by atoms with Crippen molar-refractivity contribution in [3.05, 3.63) is 58.2 Å². The molecule has 1 aromatic heterocycles. The number of H-pyrrole nitrogens is 1. The molecule has 0 spiro atoms. The molecule has 28 heavy (non-hydrogen) atoms. The van der Waals surface area contributed by atoms with E-state index < -0.39 is 0 Å². The lowest BCUT2D eigenvalue weighted by Crippen LogP contribution is -2.35. The summed E-state index contributed by atoms with van der Waals surface area (Å²) in [6.45, 7) is 1.36. The summed E-state index contributed by atoms with van der Waals surface area (Å²) in [5, 5.41) is 1.83. The number of methoxy groups -OCH3 is 2. The van der Waals surface area contributed by atoms with Crippen molar-refractivity contribution in [1.82, 2.24) is 9.88 Å². The van der Waals surface area contributed by atoms with Gasteiger partial charge in [0.05, 0.1) is 14.2 Å². The Labute approximate surface area is 169 Å². The van der Waals surface area contributed by atoms with E-state index in [0.29, 0.717) is 35.9 Å². The van der Waals surface area contributed by atoms with Gasteiger partial charge in [0, 0.05) is 53.1 Å². The summed E-state index contributed by atoms with van der Waals surface area (Å²) in [7, 11) is 3.23. The summed E-state index contributed by atoms with van der Waals surface area (Å²) >= 11 is 6.17. The number of rotatable bonds is 5. The number of amides is 1. The number of hydrogen-bond donors (Lipinski definition) is 1. The fraction of sp³-hybridized carbons (Fsp3) is 0.318. The second kappa shape index (κ2) is 7.76. The predicted molar refractivity (Wildman–Crippen MR) is 110 cm³/mol. The second-order valence-corrected chi connectivity index (χ2v) is 7.46. The average Bonchev–Trinajstić information content (AvgIpc) is 3.08. The van der Waals surface area contributed by atoms with Crippen molar-refractivity contribution in [3.8, 4) is 11.5 Å². The van der Waals surface area contributed by atoms with Crippen LogP contribution >= 0.6 is 11.6 Å². The minimum Gasteiger partial charge on any atom is -0.493 e. The van der Waals surface area contributed by atoms with Gasteiger partial charge in [-0.1, -0.05) is 17.7 Å². The van der Waals surface area contributed by atoms with Crippen molar-refractivity contribution in [3.63, 3.8) is 0 Å². The Bertz CT molecular complexity index is 1030. The summed E-state index contributed by atoms with van der Waals surface area (Å²) in [6, 6.07) is 11.6. The van der Waals surface area contributed by atoms with E-state index in [1.807, 2.05) is 41.3 Å². The first-order chi connectivity index (χ1) is 13.6. The normalized spacial score (nSPS) is 13.5. The molecule has 0 fully saturated rings. The molecule has 6 heteroatoms. The number of aromatic amines is 1. The first-order valence-corrected chi connectivity index (χ1v) is 9.74. The molecule has 3 aromatic rings. The quantitative estimate of drug-likeness (QED) is 0.694. The van der Waals surface area contributed by atoms with Gasteiger partial charge < -0.3 is 19.4 Å². The van der Waals surface area contributed by atoms with Crippen LogP contribution in [0, 0.1) is 0 Å². The smallest absolute Gasteiger partial charge is 0.223 e. The maximum atomic E-state index is 12.8. The molecular weight excluding hydrogens is 376 g/mol. The molecule has 2 heterocycles. The molecule has 1 N–H and O–H groups in total. The van der Waals surface area contributed by atoms with E-state index in [1.54, 1.807) is 14.2 Å². The van der Waals surface area contributed by atoms with Gasteiger partial charge in [0.15, 0.2) is 11.5 Å². The van der Waals surface area contributed by atoms with Crippen molar-refractivity contribution in [2.24, 2.45) is 0 Å². The van der Waals surface area contributed by atoms with Crippen LogP contribution in [0.5, 0.6) is 11.5 Å². The third-order valence-electron chi connectivity index (χ3n) is 5.37. The number of aryl methyl sites for hydroxylation is 1. The number of nitrogens with one attached hydrogen (secondary N) is 1. The SMILES string of the molecule is COc1ccc(CCC(=O)N2CCc3[nH]c4ccc(Cl)cc4c3C2)cc1OC. The monoisotopic (exact) mass is 398 g/mol. The van der Waals surface area contributed by atoms with Crippen molar-refractivity contribution < 1.29 is 14.3 Å². The Morgan fingerprint density at radius 2 is 1.96 bits per heavy atom. The van der Waals surface area contributed by atoms with E-state index in [-0.39, 0.29) is 5.91 Å². The van der Waals surface area contributed by atoms with Crippen LogP contribution < -0.4 is 9.47 Å². The number of halogens is 1. The van der Waals surface area contributed by atoms with E-state index in [4.69, 9.17) is 21.1 Å². The number of aromatic nitrogens is 1. The maximum Gasteiger partial charge on any atom is 0.223 e. The molecule has 1 amide bonds. The van der Waals surface area contributed by atoms with Crippen LogP contribution in [0.4, 0.5) is 0 Å². The van der Waals surface area contributed by atoms with Gasteiger partial charge in [0.1, 0.15) is 0 Å². The summed E-state index contributed by atoms with van der Waals surface area (Å²) in [6.07, 6.45) is 1.97. The Morgan fingerprint density at radius 3 is 2.75 bits per heavy atom. The number of nitrogens with zero attached hydrogens (tertiary/aromatic N) is 1. The molecule has 0 radical (unpaired) electrons. The van der Waals surface area contributed by atoms with Crippen molar-refractivity contribution in [1.29, 1.82) is 0 Å². The lowest BCUT2D eigenvalue weighted by atomic mass is 10.0. The van der Waals surface area contributed by atoms with E-state index in [2.05, 4.69) is 4.98 Å². The van der Waals surface area contributed by atoms with Crippen molar-refractivity contribution in [2.45, 2.75) is 25.8 Å². The van der Waals surface area contributed by atoms with E-state index in [0.717, 1.165) is 29.4 Å². The Kier molecular flexibility index (Phi) is 5.18. The van der Waals surface area contributed by atoms with Gasteiger partial charge >= 0.3 is 0 Å². The summed E-state index contributed by atoms with van der Waals surface area (Å²) < 4.78 is 10.6. The molecule has 146 valence electrons. The molecular formula is C22H23ClN2O3. The molecule has 1 aliphatic rings. The topological polar surface area (TPSA) is 54.6 Å². The van der Waals surface area contributed by atoms with Gasteiger partial charge in [-0.25, -0.2) is 0 Å². The van der Waals surface area contributed by atoms with E-state index in [1.165, 1.54) is 11.3 Å². The number of carbonyl (C=O) groups excluding carboxylic acids is 1. The third-order valence-corrected chi connectivity index (χ3v) is 5.60. The Morgan fingerprint density at radius 1 is 1.14 bits per heavy atom. The van der Waals surface area contributed by atoms with Crippen LogP contribution in [0.15, 0.2) is 36.4 Å². The van der Waals surface area contributed by atoms with Gasteiger partial charge in [-0.15, -0.1) is 0 Å². The van der Waals surface area contributed by atoms with Crippen molar-refractivity contribution in [2.75, 3.05) is 20.8 Å². The molecule has 1 aliphatic heterocycles. The molecule has 0 saturated heterocycles. The standard InChI is InChI=1S/C22H23ClN2O3/c1-27-20-7-3-14(11-21(20)28-2)4-8-22(26)25-10-9-19-17(13-25)16-12-15(23)5-6-18(16)24-19/h3,5-7,11-12,24H,4,8-10,13H2,1-2H3. The minimum absolute atomic E-state index is 0.164. The molecule has 0 bridgehead atoms. The first-order valence-electron chi connectivity index (χ1n) is 9.36. The number of ether oxygens (including phenoxy) is 2. The third kappa shape index (κ3) is 3.54. The van der Waals surface area contributed by atoms with Crippen LogP contribution in [0.1, 0.15) is 23.2 Å². The van der Waals surface area contributed by atoms with Gasteiger partial charge in [-0.3, -0.25) is 4.79 Å². The highest BCUT2D eigenvalue weighted by Crippen LogP contribution is 2.31. The van der Waals surface area contributed by atoms with Gasteiger partial charge in [0.25, 0.3) is 0 Å². The van der Waals surface area contributed by atoms with Crippen LogP contribution in [-0.2, 0) is 24.2 Å². The van der Waals surface area contributed by atoms with Crippen LogP contribution in [-0.4, -0.2) is 36.6 Å². The minimum atomic E-state index is 0.164. The number of hydrogen-bond acceptors (Lipinski definition) is 3. The molecule has 0 saturated carbocycles. The highest BCUT2D eigenvalue weighted by Gasteiger charge is 2.24. The van der Waals surface area contributed by atoms with E-state index in [9.17, 15) is 4.79 Å². The molecule has 4 rings (SSSR count). The van der Waals surface area contributed by atoms with Crippen LogP contribution in [0.3, 0.4) is 0 Å². The fourth-order valence-corrected chi connectivity index (χ4v) is 4.02. The molecule has 0 aliphatic carbocycles. The Hall–Kier alpha value is -2.66. The van der Waals surface area contributed by atoms with Gasteiger partial charge in [0.2, 0.25) is 5.91 Å². The lowest BCUT2D eigenvalue weighted by Gasteiger charge is -2.27. The average molecular weight is 399 g/mol. The lowest BCUT2D eigenvalue weighted by molar-refractivity contribution is -0.132. The zero-order valence-corrected chi connectivity index (χ0v) is 16.8. The summed E-state index contributed by atoms with van der Waals surface area (Å²) in [5.41, 5.74) is 4.53. The number of benzene rings is 2. The highest BCUT2D eigenvalue weighted by molar-refractivity contribution is 6.31. The molecule has 0 atom stereocenters.